The molecular formula is C23H27FN2O2S. The predicted molar refractivity (Wildman–Crippen MR) is 116 cm³/mol. The lowest BCUT2D eigenvalue weighted by Gasteiger charge is -2.13. The van der Waals surface area contributed by atoms with E-state index < -0.39 is 10.0 Å². The first kappa shape index (κ1) is 20.1. The van der Waals surface area contributed by atoms with Gasteiger partial charge in [0.15, 0.2) is 0 Å². The Hall–Kier alpha value is -2.18. The van der Waals surface area contributed by atoms with Crippen LogP contribution in [-0.4, -0.2) is 18.2 Å². The van der Waals surface area contributed by atoms with Gasteiger partial charge in [-0.05, 0) is 60.6 Å². The zero-order valence-corrected chi connectivity index (χ0v) is 17.8. The number of halogens is 1. The first-order valence-corrected chi connectivity index (χ1v) is 11.7. The molecule has 4 rings (SSSR count). The summed E-state index contributed by atoms with van der Waals surface area (Å²) in [6.45, 7) is 7.07. The standard InChI is InChI=1S/C23H27FN2O2S/c1-15(2)13-26-14-22(16(3)25-29(27,28)20-9-10-20)21-11-6-18(12-23(21)26)17-4-7-19(24)8-5-17/h4-8,11-12,14-16,20,25H,9-10,13H2,1-3H3/t16-/m1/s1. The van der Waals surface area contributed by atoms with Crippen LogP contribution in [-0.2, 0) is 16.6 Å². The number of rotatable bonds is 7. The fourth-order valence-electron chi connectivity index (χ4n) is 3.82. The lowest BCUT2D eigenvalue weighted by Crippen LogP contribution is -2.29. The molecule has 0 spiro atoms. The van der Waals surface area contributed by atoms with Gasteiger partial charge in [0.1, 0.15) is 5.82 Å². The van der Waals surface area contributed by atoms with Gasteiger partial charge in [0.25, 0.3) is 0 Å². The monoisotopic (exact) mass is 414 g/mol. The van der Waals surface area contributed by atoms with Crippen LogP contribution >= 0.6 is 0 Å². The number of aromatic nitrogens is 1. The summed E-state index contributed by atoms with van der Waals surface area (Å²) in [5, 5.41) is 0.807. The van der Waals surface area contributed by atoms with Crippen molar-refractivity contribution in [2.75, 3.05) is 0 Å². The quantitative estimate of drug-likeness (QED) is 0.574. The molecule has 0 bridgehead atoms. The highest BCUT2D eigenvalue weighted by atomic mass is 32.2. The molecule has 0 unspecified atom stereocenters. The van der Waals surface area contributed by atoms with Crippen LogP contribution in [0.1, 0.15) is 45.2 Å². The Kier molecular flexibility index (Phi) is 5.25. The molecule has 29 heavy (non-hydrogen) atoms. The van der Waals surface area contributed by atoms with Crippen LogP contribution in [0.5, 0.6) is 0 Å². The van der Waals surface area contributed by atoms with E-state index >= 15 is 0 Å². The van der Waals surface area contributed by atoms with Gasteiger partial charge in [0.2, 0.25) is 10.0 Å². The van der Waals surface area contributed by atoms with Gasteiger partial charge in [-0.3, -0.25) is 0 Å². The molecule has 0 amide bonds. The lowest BCUT2D eigenvalue weighted by molar-refractivity contribution is 0.532. The SMILES string of the molecule is CC(C)Cn1cc([C@@H](C)NS(=O)(=O)C2CC2)c2ccc(-c3ccc(F)cc3)cc21. The first-order valence-electron chi connectivity index (χ1n) is 10.1. The van der Waals surface area contributed by atoms with Crippen LogP contribution in [0.3, 0.4) is 0 Å². The van der Waals surface area contributed by atoms with E-state index in [0.717, 1.165) is 47.0 Å². The van der Waals surface area contributed by atoms with Crippen LogP contribution in [0.4, 0.5) is 4.39 Å². The highest BCUT2D eigenvalue weighted by Gasteiger charge is 2.36. The zero-order valence-electron chi connectivity index (χ0n) is 17.0. The Labute approximate surface area is 171 Å². The van der Waals surface area contributed by atoms with Crippen molar-refractivity contribution in [3.8, 4) is 11.1 Å². The second-order valence-corrected chi connectivity index (χ2v) is 10.4. The van der Waals surface area contributed by atoms with Crippen LogP contribution in [0.15, 0.2) is 48.7 Å². The molecule has 0 saturated heterocycles. The summed E-state index contributed by atoms with van der Waals surface area (Å²) in [4.78, 5) is 0. The summed E-state index contributed by atoms with van der Waals surface area (Å²) in [6.07, 6.45) is 3.57. The minimum Gasteiger partial charge on any atom is -0.347 e. The minimum absolute atomic E-state index is 0.237. The van der Waals surface area contributed by atoms with Crippen molar-refractivity contribution in [3.63, 3.8) is 0 Å². The molecule has 6 heteroatoms. The maximum Gasteiger partial charge on any atom is 0.215 e. The van der Waals surface area contributed by atoms with Gasteiger partial charge in [-0.2, -0.15) is 0 Å². The Balaban J connectivity index is 1.76. The summed E-state index contributed by atoms with van der Waals surface area (Å²) in [5.74, 6) is 0.198. The normalized spacial score (nSPS) is 15.9. The maximum atomic E-state index is 13.3. The molecule has 1 aromatic heterocycles. The minimum atomic E-state index is -3.27. The highest BCUT2D eigenvalue weighted by Crippen LogP contribution is 2.34. The van der Waals surface area contributed by atoms with Crippen LogP contribution < -0.4 is 4.72 Å². The van der Waals surface area contributed by atoms with Crippen molar-refractivity contribution in [2.24, 2.45) is 5.92 Å². The van der Waals surface area contributed by atoms with Gasteiger partial charge in [-0.25, -0.2) is 17.5 Å². The zero-order chi connectivity index (χ0) is 20.8. The molecule has 1 aliphatic carbocycles. The molecule has 4 nitrogen and oxygen atoms in total. The summed E-state index contributed by atoms with van der Waals surface area (Å²) < 4.78 is 43.2. The van der Waals surface area contributed by atoms with Crippen molar-refractivity contribution in [1.82, 2.24) is 9.29 Å². The summed E-state index contributed by atoms with van der Waals surface area (Å²) in [5.41, 5.74) is 4.01. The topological polar surface area (TPSA) is 51.1 Å². The van der Waals surface area contributed by atoms with E-state index in [1.165, 1.54) is 12.1 Å². The highest BCUT2D eigenvalue weighted by molar-refractivity contribution is 7.90. The Morgan fingerprint density at radius 2 is 1.72 bits per heavy atom. The Morgan fingerprint density at radius 3 is 2.34 bits per heavy atom. The molecule has 1 saturated carbocycles. The number of hydrogen-bond acceptors (Lipinski definition) is 2. The van der Waals surface area contributed by atoms with Crippen molar-refractivity contribution in [2.45, 2.75) is 51.4 Å². The van der Waals surface area contributed by atoms with Crippen molar-refractivity contribution in [1.29, 1.82) is 0 Å². The van der Waals surface area contributed by atoms with Gasteiger partial charge in [0, 0.05) is 29.7 Å². The second-order valence-electron chi connectivity index (χ2n) is 8.45. The summed E-state index contributed by atoms with van der Waals surface area (Å²) in [7, 11) is -3.27. The average molecular weight is 415 g/mol. The molecular weight excluding hydrogens is 387 g/mol. The van der Waals surface area contributed by atoms with Crippen molar-refractivity contribution >= 4 is 20.9 Å². The molecule has 1 atom stereocenters. The number of sulfonamides is 1. The van der Waals surface area contributed by atoms with E-state index in [1.54, 1.807) is 12.1 Å². The largest absolute Gasteiger partial charge is 0.347 e. The molecule has 1 aliphatic rings. The number of benzene rings is 2. The molecule has 1 fully saturated rings. The predicted octanol–water partition coefficient (Wildman–Crippen LogP) is 5.25. The Morgan fingerprint density at radius 1 is 1.07 bits per heavy atom. The molecule has 2 aromatic carbocycles. The van der Waals surface area contributed by atoms with E-state index in [2.05, 4.69) is 35.4 Å². The summed E-state index contributed by atoms with van der Waals surface area (Å²) in [6, 6.07) is 12.4. The number of nitrogens with zero attached hydrogens (tertiary/aromatic N) is 1. The number of hydrogen-bond donors (Lipinski definition) is 1. The van der Waals surface area contributed by atoms with Gasteiger partial charge in [0.05, 0.1) is 5.25 Å². The van der Waals surface area contributed by atoms with Crippen molar-refractivity contribution in [3.05, 3.63) is 60.0 Å². The van der Waals surface area contributed by atoms with Crippen LogP contribution in [0.25, 0.3) is 22.0 Å². The molecule has 154 valence electrons. The Bertz CT molecular complexity index is 1130. The van der Waals surface area contributed by atoms with Gasteiger partial charge < -0.3 is 4.57 Å². The van der Waals surface area contributed by atoms with Gasteiger partial charge in [-0.15, -0.1) is 0 Å². The second kappa shape index (κ2) is 7.58. The smallest absolute Gasteiger partial charge is 0.215 e. The number of fused-ring (bicyclic) bond motifs is 1. The fourth-order valence-corrected chi connectivity index (χ4v) is 5.39. The molecule has 1 heterocycles. The van der Waals surface area contributed by atoms with E-state index in [1.807, 2.05) is 19.1 Å². The molecule has 0 aliphatic heterocycles. The van der Waals surface area contributed by atoms with E-state index in [4.69, 9.17) is 0 Å². The lowest BCUT2D eigenvalue weighted by atomic mass is 10.0. The van der Waals surface area contributed by atoms with Crippen LogP contribution in [0, 0.1) is 11.7 Å². The third kappa shape index (κ3) is 4.23. The van der Waals surface area contributed by atoms with E-state index in [-0.39, 0.29) is 17.1 Å². The third-order valence-corrected chi connectivity index (χ3v) is 7.45. The van der Waals surface area contributed by atoms with E-state index in [0.29, 0.717) is 5.92 Å². The van der Waals surface area contributed by atoms with Gasteiger partial charge >= 0.3 is 0 Å². The summed E-state index contributed by atoms with van der Waals surface area (Å²) >= 11 is 0. The maximum absolute atomic E-state index is 13.3. The average Bonchev–Trinajstić information content (AvgIpc) is 3.46. The fraction of sp³-hybridized carbons (Fsp3) is 0.391. The molecule has 0 radical (unpaired) electrons. The van der Waals surface area contributed by atoms with Crippen molar-refractivity contribution < 1.29 is 12.8 Å². The number of nitrogens with one attached hydrogen (secondary N) is 1. The third-order valence-electron chi connectivity index (χ3n) is 5.42. The van der Waals surface area contributed by atoms with Gasteiger partial charge in [-0.1, -0.05) is 38.1 Å². The molecule has 3 aromatic rings. The van der Waals surface area contributed by atoms with E-state index in [9.17, 15) is 12.8 Å². The van der Waals surface area contributed by atoms with Crippen LogP contribution in [0.2, 0.25) is 0 Å². The first-order chi connectivity index (χ1) is 13.7. The molecule has 1 N–H and O–H groups in total.